The molecule has 1 N–H and O–H groups in total. The number of nitrogens with zero attached hydrogens (tertiary/aromatic N) is 1. The van der Waals surface area contributed by atoms with E-state index in [4.69, 9.17) is 0 Å². The molecule has 0 aromatic rings. The summed E-state index contributed by atoms with van der Waals surface area (Å²) in [6.45, 7) is 13.7. The van der Waals surface area contributed by atoms with Crippen LogP contribution in [0.4, 0.5) is 13.2 Å². The summed E-state index contributed by atoms with van der Waals surface area (Å²) in [4.78, 5) is 40.4. The van der Waals surface area contributed by atoms with Crippen LogP contribution in [-0.4, -0.2) is 30.2 Å². The van der Waals surface area contributed by atoms with E-state index in [9.17, 15) is 32.8 Å². The van der Waals surface area contributed by atoms with Gasteiger partial charge in [-0.2, -0.15) is 18.4 Å². The minimum Gasteiger partial charge on any atom is -0.347 e. The van der Waals surface area contributed by atoms with E-state index < -0.39 is 29.5 Å². The molecule has 232 valence electrons. The van der Waals surface area contributed by atoms with Crippen molar-refractivity contribution in [1.82, 2.24) is 5.32 Å². The third-order valence-electron chi connectivity index (χ3n) is 13.4. The Balaban J connectivity index is 1.49. The van der Waals surface area contributed by atoms with Crippen molar-refractivity contribution in [2.75, 3.05) is 6.54 Å². The van der Waals surface area contributed by atoms with Crippen LogP contribution in [0.2, 0.25) is 0 Å². The van der Waals surface area contributed by atoms with E-state index in [1.54, 1.807) is 0 Å². The van der Waals surface area contributed by atoms with Gasteiger partial charge in [-0.15, -0.1) is 0 Å². The molecule has 5 rings (SSSR count). The number of carbonyl (C=O) groups excluding carboxylic acids is 3. The zero-order valence-electron chi connectivity index (χ0n) is 26.2. The van der Waals surface area contributed by atoms with E-state index in [0.29, 0.717) is 6.42 Å². The SMILES string of the molecule is CC1(C)C[C@@H](CC(=O)NCC(F)(F)F)[C@H]2CC[C@]3(C)[C@H](C(=O)C[C@@H]4[C@@]5(C)C=C(C#N)C(=O)C(C)(C)[C@@H]5CC[C@]43C)[C@H]2C1. The number of allylic oxidation sites excluding steroid dienone is 2. The first kappa shape index (κ1) is 31.3. The number of fused-ring (bicyclic) bond motifs is 7. The molecule has 5 nitrogen and oxygen atoms in total. The molecule has 9 atom stereocenters. The predicted molar refractivity (Wildman–Crippen MR) is 153 cm³/mol. The Bertz CT molecular complexity index is 1260. The van der Waals surface area contributed by atoms with Crippen LogP contribution in [0.25, 0.3) is 0 Å². The lowest BCUT2D eigenvalue weighted by Crippen LogP contribution is -2.67. The highest BCUT2D eigenvalue weighted by molar-refractivity contribution is 6.04. The average molecular weight is 589 g/mol. The molecular formula is C34H47F3N2O3. The molecule has 0 heterocycles. The van der Waals surface area contributed by atoms with Gasteiger partial charge in [-0.05, 0) is 89.8 Å². The Hall–Kier alpha value is -2.17. The molecule has 1 amide bonds. The van der Waals surface area contributed by atoms with Gasteiger partial charge < -0.3 is 5.32 Å². The third kappa shape index (κ3) is 4.58. The fourth-order valence-corrected chi connectivity index (χ4v) is 11.6. The van der Waals surface area contributed by atoms with Crippen LogP contribution in [0.3, 0.4) is 0 Å². The highest BCUT2D eigenvalue weighted by Gasteiger charge is 2.71. The van der Waals surface area contributed by atoms with Crippen molar-refractivity contribution in [2.24, 2.45) is 62.6 Å². The number of hydrogen-bond donors (Lipinski definition) is 1. The molecule has 0 aliphatic heterocycles. The third-order valence-corrected chi connectivity index (χ3v) is 13.4. The van der Waals surface area contributed by atoms with Crippen LogP contribution in [0.5, 0.6) is 0 Å². The van der Waals surface area contributed by atoms with Crippen molar-refractivity contribution < 1.29 is 27.6 Å². The topological polar surface area (TPSA) is 87.0 Å². The second-order valence-corrected chi connectivity index (χ2v) is 16.5. The van der Waals surface area contributed by atoms with Gasteiger partial charge in [0.05, 0.1) is 5.57 Å². The van der Waals surface area contributed by atoms with E-state index in [2.05, 4.69) is 46.0 Å². The first-order chi connectivity index (χ1) is 19.2. The van der Waals surface area contributed by atoms with Crippen LogP contribution < -0.4 is 5.32 Å². The molecular weight excluding hydrogens is 541 g/mol. The Morgan fingerprint density at radius 2 is 1.62 bits per heavy atom. The Labute approximate surface area is 248 Å². The highest BCUT2D eigenvalue weighted by atomic mass is 19.4. The van der Waals surface area contributed by atoms with Crippen LogP contribution in [0.1, 0.15) is 99.8 Å². The lowest BCUT2D eigenvalue weighted by Gasteiger charge is -2.71. The number of nitrogens with one attached hydrogen (secondary N) is 1. The molecule has 5 aliphatic carbocycles. The Kier molecular flexibility index (Phi) is 7.19. The summed E-state index contributed by atoms with van der Waals surface area (Å²) in [5, 5.41) is 12.0. The van der Waals surface area contributed by atoms with Gasteiger partial charge in [0.1, 0.15) is 18.4 Å². The van der Waals surface area contributed by atoms with Crippen molar-refractivity contribution in [3.05, 3.63) is 11.6 Å². The molecule has 0 spiro atoms. The molecule has 0 aromatic carbocycles. The van der Waals surface area contributed by atoms with Gasteiger partial charge in [0.25, 0.3) is 0 Å². The maximum Gasteiger partial charge on any atom is 0.405 e. The van der Waals surface area contributed by atoms with Gasteiger partial charge in [-0.1, -0.05) is 54.5 Å². The first-order valence-electron chi connectivity index (χ1n) is 15.7. The van der Waals surface area contributed by atoms with Gasteiger partial charge in [0.15, 0.2) is 5.78 Å². The van der Waals surface area contributed by atoms with E-state index in [1.165, 1.54) is 0 Å². The van der Waals surface area contributed by atoms with Crippen molar-refractivity contribution >= 4 is 17.5 Å². The van der Waals surface area contributed by atoms with Crippen LogP contribution in [-0.2, 0) is 14.4 Å². The summed E-state index contributed by atoms with van der Waals surface area (Å²) in [6, 6.07) is 2.17. The number of rotatable bonds is 3. The maximum absolute atomic E-state index is 14.5. The second kappa shape index (κ2) is 9.66. The molecule has 0 unspecified atom stereocenters. The van der Waals surface area contributed by atoms with Crippen molar-refractivity contribution in [1.29, 1.82) is 5.26 Å². The summed E-state index contributed by atoms with van der Waals surface area (Å²) < 4.78 is 38.3. The molecule has 4 fully saturated rings. The first-order valence-corrected chi connectivity index (χ1v) is 15.7. The predicted octanol–water partition coefficient (Wildman–Crippen LogP) is 7.21. The quantitative estimate of drug-likeness (QED) is 0.377. The standard InChI is InChI=1S/C34H47F3N2O3/c1-29(2)14-19(12-26(41)39-18-34(35,36)37)21-8-10-33(7)27(22(21)16-29)23(40)13-25-31(5)15-20(17-38)28(42)30(3,4)24(31)9-11-32(25,33)6/h15,19,21-22,24-25,27H,8-14,16,18H2,1-7H3,(H,39,41)/t19-,21-,22+,24+,25-,27+,31+,32-,33-/m1/s1. The summed E-state index contributed by atoms with van der Waals surface area (Å²) in [7, 11) is 0. The van der Waals surface area contributed by atoms with Crippen molar-refractivity contribution in [2.45, 2.75) is 106 Å². The summed E-state index contributed by atoms with van der Waals surface area (Å²) in [6.07, 6.45) is 3.00. The minimum atomic E-state index is -4.45. The monoisotopic (exact) mass is 588 g/mol. The summed E-state index contributed by atoms with van der Waals surface area (Å²) in [5.41, 5.74) is -1.52. The maximum atomic E-state index is 14.5. The molecule has 0 bridgehead atoms. The van der Waals surface area contributed by atoms with E-state index in [-0.39, 0.29) is 75.3 Å². The molecule has 0 aromatic heterocycles. The molecule has 4 saturated carbocycles. The number of ketones is 2. The van der Waals surface area contributed by atoms with Crippen LogP contribution in [0, 0.1) is 73.9 Å². The number of Topliss-reactive ketones (excluding diaryl/α,β-unsaturated/α-hetero) is 2. The molecule has 0 saturated heterocycles. The van der Waals surface area contributed by atoms with E-state index in [1.807, 2.05) is 19.9 Å². The zero-order chi connectivity index (χ0) is 31.3. The lowest BCUT2D eigenvalue weighted by atomic mass is 9.32. The van der Waals surface area contributed by atoms with Gasteiger partial charge in [-0.3, -0.25) is 14.4 Å². The summed E-state index contributed by atoms with van der Waals surface area (Å²) >= 11 is 0. The summed E-state index contributed by atoms with van der Waals surface area (Å²) in [5.74, 6) is -0.391. The number of hydrogen-bond acceptors (Lipinski definition) is 4. The van der Waals surface area contributed by atoms with Crippen LogP contribution >= 0.6 is 0 Å². The van der Waals surface area contributed by atoms with E-state index in [0.717, 1.165) is 38.5 Å². The number of alkyl halides is 3. The van der Waals surface area contributed by atoms with Gasteiger partial charge in [0.2, 0.25) is 5.91 Å². The van der Waals surface area contributed by atoms with Gasteiger partial charge in [0, 0.05) is 24.2 Å². The molecule has 5 aliphatic rings. The zero-order valence-corrected chi connectivity index (χ0v) is 26.2. The van der Waals surface area contributed by atoms with Gasteiger partial charge in [-0.25, -0.2) is 0 Å². The molecule has 0 radical (unpaired) electrons. The second-order valence-electron chi connectivity index (χ2n) is 16.5. The van der Waals surface area contributed by atoms with Gasteiger partial charge >= 0.3 is 6.18 Å². The largest absolute Gasteiger partial charge is 0.405 e. The fourth-order valence-electron chi connectivity index (χ4n) is 11.6. The Morgan fingerprint density at radius 1 is 0.976 bits per heavy atom. The lowest BCUT2D eigenvalue weighted by molar-refractivity contribution is -0.214. The number of halogens is 3. The van der Waals surface area contributed by atoms with E-state index >= 15 is 0 Å². The normalized spacial score (nSPS) is 44.0. The highest BCUT2D eigenvalue weighted by Crippen LogP contribution is 2.74. The number of carbonyl (C=O) groups is 3. The average Bonchev–Trinajstić information content (AvgIpc) is 2.85. The van der Waals surface area contributed by atoms with Crippen molar-refractivity contribution in [3.8, 4) is 6.07 Å². The van der Waals surface area contributed by atoms with Crippen molar-refractivity contribution in [3.63, 3.8) is 0 Å². The minimum absolute atomic E-state index is 0.00493. The number of nitriles is 1. The fraction of sp³-hybridized carbons (Fsp3) is 0.824. The molecule has 8 heteroatoms. The Morgan fingerprint density at radius 3 is 2.24 bits per heavy atom. The smallest absolute Gasteiger partial charge is 0.347 e. The number of amides is 1. The molecule has 42 heavy (non-hydrogen) atoms. The van der Waals surface area contributed by atoms with Crippen LogP contribution in [0.15, 0.2) is 11.6 Å².